The lowest BCUT2D eigenvalue weighted by molar-refractivity contribution is -0.134. The lowest BCUT2D eigenvalue weighted by Gasteiger charge is -2.28. The summed E-state index contributed by atoms with van der Waals surface area (Å²) in [5.41, 5.74) is 97.1. The van der Waals surface area contributed by atoms with Crippen LogP contribution in [-0.4, -0.2) is 277 Å². The van der Waals surface area contributed by atoms with Gasteiger partial charge in [0.25, 0.3) is 0 Å². The van der Waals surface area contributed by atoms with E-state index in [0.717, 1.165) is 12.8 Å². The summed E-state index contributed by atoms with van der Waals surface area (Å²) in [7, 11) is 0. The molecule has 0 radical (unpaired) electrons. The van der Waals surface area contributed by atoms with Crippen LogP contribution in [0.15, 0.2) is 60.7 Å². The molecular formula is C103H193N31O15. The van der Waals surface area contributed by atoms with Crippen LogP contribution in [0.5, 0.6) is 0 Å². The molecule has 0 saturated carbocycles. The average Bonchev–Trinajstić information content (AvgIpc) is 0.831. The van der Waals surface area contributed by atoms with Crippen molar-refractivity contribution in [1.82, 2.24) is 79.8 Å². The summed E-state index contributed by atoms with van der Waals surface area (Å²) in [6.07, 6.45) is 17.0. The summed E-state index contributed by atoms with van der Waals surface area (Å²) in [5.74, 6) is -8.49. The number of hydrogen-bond donors (Lipinski definition) is 31. The van der Waals surface area contributed by atoms with E-state index in [4.69, 9.17) is 91.7 Å². The van der Waals surface area contributed by atoms with Gasteiger partial charge in [0.1, 0.15) is 42.3 Å². The molecule has 850 valence electrons. The van der Waals surface area contributed by atoms with Crippen molar-refractivity contribution >= 4 is 88.6 Å². The molecule has 0 spiro atoms. The molecule has 2 aromatic rings. The molecule has 2 aromatic carbocycles. The van der Waals surface area contributed by atoms with Gasteiger partial charge in [0.05, 0.1) is 54.4 Å². The van der Waals surface area contributed by atoms with Crippen molar-refractivity contribution in [3.8, 4) is 0 Å². The van der Waals surface area contributed by atoms with Gasteiger partial charge < -0.3 is 171 Å². The minimum Gasteiger partial charge on any atom is -0.355 e. The number of benzene rings is 2. The van der Waals surface area contributed by atoms with Crippen molar-refractivity contribution < 1.29 is 71.9 Å². The predicted octanol–water partition coefficient (Wildman–Crippen LogP) is -3.06. The molecule has 46 heteroatoms. The Morgan fingerprint density at radius 2 is 0.302 bits per heavy atom. The molecule has 15 amide bonds. The number of carbonyl (C=O) groups is 15. The second-order valence-electron chi connectivity index (χ2n) is 38.8. The second kappa shape index (κ2) is 85.4. The van der Waals surface area contributed by atoms with E-state index >= 15 is 14.4 Å². The zero-order valence-electron chi connectivity index (χ0n) is 88.8. The molecule has 0 bridgehead atoms. The second-order valence-corrected chi connectivity index (χ2v) is 38.8. The minimum absolute atomic E-state index is 0.00237. The highest BCUT2D eigenvalue weighted by molar-refractivity contribution is 5.96. The number of rotatable bonds is 92. The monoisotopic (exact) mass is 2100 g/mol. The van der Waals surface area contributed by atoms with Crippen LogP contribution in [0.2, 0.25) is 0 Å². The standard InChI is InChI=1S/C103H193N31O15/c104-56-22-7-41-73(112)89(135)120-64-30-15-49-81(127-93(139)77(116)45-11-26-60-108)97(143)124-68-34-17-51-83(131-100(146)84(129-95(141)79(118)47-13-28-62-110)52-18-32-66-122-91(137)75(114)43-9-24-58-106)99(145)126-70-36-21-55-87(103(149)134-88(71-37-3-1-4-38-71)72-39-5-2-6-40-72)133-102(148)86(132-101(147)85(130-96(142)80(119)48-14-29-63-111)53-19-33-67-123-92(138)76(115)44-10-25-59-107)54-20-35-69-125-98(144)82(128-94(140)78(117)46-12-27-61-109)50-16-31-65-121-90(136)74(113)42-8-23-57-105/h1-6,37-40,73-88H,7-36,41-70,104-119H2,(H,120,135)(H,121,136)(H,122,137)(H,123,138)(H,124,143)(H,125,144)(H,126,145)(H,127,139)(H,128,140)(H,129,141)(H,130,142)(H,131,146)(H,132,147)(H,133,148)(H,134,149)/t73-,74-,75-,76-,77-,78-,79-,80-,81-,82-,83-,84-,85?,86-,87-/m0/s1. The predicted molar refractivity (Wildman–Crippen MR) is 581 cm³/mol. The number of amides is 15. The summed E-state index contributed by atoms with van der Waals surface area (Å²) in [6.45, 7) is 4.15. The Bertz CT molecular complexity index is 4010. The third-order valence-electron chi connectivity index (χ3n) is 26.0. The Labute approximate surface area is 883 Å². The minimum atomic E-state index is -1.46. The van der Waals surface area contributed by atoms with Crippen LogP contribution in [0.3, 0.4) is 0 Å². The van der Waals surface area contributed by atoms with Gasteiger partial charge in [0.2, 0.25) is 88.6 Å². The number of carbonyl (C=O) groups excluding carboxylic acids is 15. The fourth-order valence-corrected chi connectivity index (χ4v) is 16.5. The molecule has 0 aliphatic carbocycles. The van der Waals surface area contributed by atoms with E-state index < -0.39 is 162 Å². The average molecular weight is 2110 g/mol. The summed E-state index contributed by atoms with van der Waals surface area (Å²) >= 11 is 0. The molecule has 0 aromatic heterocycles. The molecule has 0 aliphatic rings. The Balaban J connectivity index is 2.86. The highest BCUT2D eigenvalue weighted by Gasteiger charge is 2.35. The molecule has 0 fully saturated rings. The van der Waals surface area contributed by atoms with Crippen molar-refractivity contribution in [2.75, 3.05) is 98.2 Å². The van der Waals surface area contributed by atoms with Crippen molar-refractivity contribution in [3.63, 3.8) is 0 Å². The molecule has 46 nitrogen and oxygen atoms in total. The van der Waals surface area contributed by atoms with Gasteiger partial charge in [-0.15, -0.1) is 0 Å². The number of nitrogens with two attached hydrogens (primary N) is 16. The maximum Gasteiger partial charge on any atom is 0.243 e. The van der Waals surface area contributed by atoms with Gasteiger partial charge >= 0.3 is 0 Å². The van der Waals surface area contributed by atoms with E-state index in [9.17, 15) is 57.5 Å². The first-order valence-electron chi connectivity index (χ1n) is 54.9. The fraction of sp³-hybridized carbons (Fsp3) is 0.738. The Kier molecular flexibility index (Phi) is 77.3. The van der Waals surface area contributed by atoms with Crippen LogP contribution in [-0.2, 0) is 71.9 Å². The lowest BCUT2D eigenvalue weighted by atomic mass is 9.97. The van der Waals surface area contributed by atoms with E-state index in [1.807, 2.05) is 60.7 Å². The summed E-state index contributed by atoms with van der Waals surface area (Å²) in [5, 5.41) is 43.3. The first-order valence-corrected chi connectivity index (χ1v) is 54.9. The fourth-order valence-electron chi connectivity index (χ4n) is 16.5. The van der Waals surface area contributed by atoms with E-state index in [1.165, 1.54) is 0 Å². The highest BCUT2D eigenvalue weighted by atomic mass is 16.2. The van der Waals surface area contributed by atoms with Crippen molar-refractivity contribution in [2.45, 2.75) is 386 Å². The molecule has 149 heavy (non-hydrogen) atoms. The molecule has 0 heterocycles. The van der Waals surface area contributed by atoms with Crippen molar-refractivity contribution in [1.29, 1.82) is 0 Å². The zero-order valence-corrected chi connectivity index (χ0v) is 88.8. The Morgan fingerprint density at radius 1 is 0.161 bits per heavy atom. The lowest BCUT2D eigenvalue weighted by Crippen LogP contribution is -2.58. The van der Waals surface area contributed by atoms with Crippen molar-refractivity contribution in [2.24, 2.45) is 91.7 Å². The maximum absolute atomic E-state index is 15.7. The van der Waals surface area contributed by atoms with Gasteiger partial charge in [-0.3, -0.25) is 71.9 Å². The largest absolute Gasteiger partial charge is 0.355 e. The molecule has 0 saturated heterocycles. The number of nitrogens with one attached hydrogen (secondary N) is 15. The van der Waals surface area contributed by atoms with Crippen LogP contribution in [0.1, 0.15) is 306 Å². The van der Waals surface area contributed by atoms with Crippen LogP contribution < -0.4 is 171 Å². The highest BCUT2D eigenvalue weighted by Crippen LogP contribution is 2.24. The first kappa shape index (κ1) is 135. The topological polar surface area (TPSA) is 853 Å². The zero-order chi connectivity index (χ0) is 110. The SMILES string of the molecule is NCCCC[C@H](N)C(=O)NCCCCC(NC(=O)[C@@H](N)CCCCN)C(=O)N[C@@H](CCCCNC(=O)[C@H](CCCCNC(=O)[C@@H](N)CCCCN)NC(=O)[C@@H](N)CCCCN)C(=O)N[C@@H](CCCCNC(=O)[C@H](CCCCNC(=O)[C@H](CCCCNC(=O)[C@@H](N)CCCCN)NC(=O)[C@@H](N)CCCCN)NC(=O)[C@H](CCCCNC(=O)[C@@H](N)CCCCN)NC(=O)[C@@H](N)CCCCN)C(=O)NC(c1ccccc1)c1ccccc1. The first-order chi connectivity index (χ1) is 71.7. The third-order valence-corrected chi connectivity index (χ3v) is 26.0. The van der Waals surface area contributed by atoms with Gasteiger partial charge in [0, 0.05) is 45.8 Å². The molecule has 47 N–H and O–H groups in total. The molecular weight excluding hydrogens is 1910 g/mol. The molecule has 15 atom stereocenters. The molecule has 0 aliphatic heterocycles. The van der Waals surface area contributed by atoms with Gasteiger partial charge in [-0.2, -0.15) is 0 Å². The molecule has 1 unspecified atom stereocenters. The van der Waals surface area contributed by atoms with Gasteiger partial charge in [-0.1, -0.05) is 112 Å². The normalized spacial score (nSPS) is 14.4. The van der Waals surface area contributed by atoms with E-state index in [2.05, 4.69) is 79.8 Å². The summed E-state index contributed by atoms with van der Waals surface area (Å²) < 4.78 is 0. The van der Waals surface area contributed by atoms with Crippen molar-refractivity contribution in [3.05, 3.63) is 71.8 Å². The van der Waals surface area contributed by atoms with E-state index in [0.29, 0.717) is 237 Å². The van der Waals surface area contributed by atoms with Crippen LogP contribution in [0.25, 0.3) is 0 Å². The summed E-state index contributed by atoms with van der Waals surface area (Å²) in [6, 6.07) is 1.61. The summed E-state index contributed by atoms with van der Waals surface area (Å²) in [4.78, 5) is 212. The smallest absolute Gasteiger partial charge is 0.243 e. The number of unbranched alkanes of at least 4 members (excludes halogenated alkanes) is 15. The quantitative estimate of drug-likeness (QED) is 0.0292. The maximum atomic E-state index is 15.7. The Morgan fingerprint density at radius 3 is 0.477 bits per heavy atom. The van der Waals surface area contributed by atoms with Gasteiger partial charge in [-0.25, -0.2) is 0 Å². The third kappa shape index (κ3) is 62.4. The van der Waals surface area contributed by atoms with Crippen LogP contribution >= 0.6 is 0 Å². The molecule has 2 rings (SSSR count). The van der Waals surface area contributed by atoms with Crippen LogP contribution in [0, 0.1) is 0 Å². The van der Waals surface area contributed by atoms with E-state index in [-0.39, 0.29) is 172 Å². The van der Waals surface area contributed by atoms with Crippen LogP contribution in [0.4, 0.5) is 0 Å². The van der Waals surface area contributed by atoms with Gasteiger partial charge in [-0.05, 0) is 301 Å². The number of hydrogen-bond acceptors (Lipinski definition) is 31. The van der Waals surface area contributed by atoms with E-state index in [1.54, 1.807) is 0 Å². The Hall–Kier alpha value is -10.2. The van der Waals surface area contributed by atoms with Gasteiger partial charge in [0.15, 0.2) is 0 Å².